The van der Waals surface area contributed by atoms with Gasteiger partial charge in [-0.3, -0.25) is 9.80 Å². The van der Waals surface area contributed by atoms with Gasteiger partial charge in [-0.05, 0) is 36.2 Å². The Morgan fingerprint density at radius 2 is 1.79 bits per heavy atom. The second-order valence-corrected chi connectivity index (χ2v) is 13.1. The van der Waals surface area contributed by atoms with Crippen LogP contribution in [-0.4, -0.2) is 67.8 Å². The molecule has 0 aliphatic carbocycles. The molecule has 43 heavy (non-hydrogen) atoms. The quantitative estimate of drug-likeness (QED) is 0.328. The fourth-order valence-electron chi connectivity index (χ4n) is 4.27. The predicted octanol–water partition coefficient (Wildman–Crippen LogP) is 4.76. The molecule has 1 aliphatic rings. The van der Waals surface area contributed by atoms with Crippen molar-refractivity contribution in [3.63, 3.8) is 0 Å². The molecule has 2 atom stereocenters. The van der Waals surface area contributed by atoms with Crippen molar-refractivity contribution in [1.29, 1.82) is 0 Å². The first-order valence-electron chi connectivity index (χ1n) is 14.0. The Hall–Kier alpha value is -3.52. The third-order valence-corrected chi connectivity index (χ3v) is 8.20. The van der Waals surface area contributed by atoms with Gasteiger partial charge in [-0.15, -0.1) is 0 Å². The number of nitrogens with zero attached hydrogens (tertiary/aromatic N) is 3. The Balaban J connectivity index is 1.63. The molecule has 2 aromatic rings. The fraction of sp³-hybridized carbons (Fsp3) is 0.517. The number of halogens is 3. The van der Waals surface area contributed by atoms with E-state index < -0.39 is 57.7 Å². The molecule has 1 aromatic heterocycles. The summed E-state index contributed by atoms with van der Waals surface area (Å²) in [5.41, 5.74) is -0.0486. The molecule has 0 spiro atoms. The number of unbranched alkanes of at least 4 members (excludes halogenated alkanes) is 1. The minimum atomic E-state index is -4.42. The molecule has 0 fully saturated rings. The summed E-state index contributed by atoms with van der Waals surface area (Å²) in [4.78, 5) is 29.8. The van der Waals surface area contributed by atoms with Gasteiger partial charge in [0.2, 0.25) is 0 Å². The van der Waals surface area contributed by atoms with E-state index in [0.29, 0.717) is 37.1 Å². The molecule has 236 valence electrons. The number of Topliss-reactive ketones (excluding diaryl/α,β-unsaturated/α-hetero) is 1. The molecule has 1 aliphatic heterocycles. The molecule has 1 amide bonds. The zero-order valence-electron chi connectivity index (χ0n) is 24.6. The maximum atomic E-state index is 13.0. The number of pyridine rings is 1. The average Bonchev–Trinajstić information content (AvgIpc) is 3.42. The number of hydrogen-bond donors (Lipinski definition) is 2. The summed E-state index contributed by atoms with van der Waals surface area (Å²) in [6.45, 7) is 7.75. The summed E-state index contributed by atoms with van der Waals surface area (Å²) in [5, 5.41) is 8.63. The van der Waals surface area contributed by atoms with Gasteiger partial charge < -0.3 is 10.1 Å². The van der Waals surface area contributed by atoms with Gasteiger partial charge in [0.05, 0.1) is 30.4 Å². The molecule has 14 heteroatoms. The number of nitrogens with one attached hydrogen (secondary N) is 2. The first-order chi connectivity index (χ1) is 20.1. The van der Waals surface area contributed by atoms with E-state index in [2.05, 4.69) is 20.1 Å². The predicted molar refractivity (Wildman–Crippen MR) is 155 cm³/mol. The third-order valence-electron chi connectivity index (χ3n) is 6.88. The molecule has 2 heterocycles. The largest absolute Gasteiger partial charge is 0.444 e. The number of hydrogen-bond acceptors (Lipinski definition) is 8. The molecule has 3 rings (SSSR count). The Bertz CT molecular complexity index is 1380. The summed E-state index contributed by atoms with van der Waals surface area (Å²) in [6, 6.07) is 8.23. The van der Waals surface area contributed by atoms with Crippen LogP contribution in [0, 0.1) is 5.41 Å². The van der Waals surface area contributed by atoms with Crippen LogP contribution in [0.3, 0.4) is 0 Å². The van der Waals surface area contributed by atoms with Crippen molar-refractivity contribution in [2.75, 3.05) is 19.6 Å². The number of alkyl halides is 3. The van der Waals surface area contributed by atoms with Gasteiger partial charge in [0.25, 0.3) is 10.0 Å². The number of ketones is 1. The Morgan fingerprint density at radius 1 is 1.09 bits per heavy atom. The summed E-state index contributed by atoms with van der Waals surface area (Å²) >= 11 is 0. The number of benzene rings is 1. The van der Waals surface area contributed by atoms with Crippen molar-refractivity contribution in [1.82, 2.24) is 20.0 Å². The van der Waals surface area contributed by atoms with Crippen LogP contribution in [-0.2, 0) is 25.7 Å². The van der Waals surface area contributed by atoms with Gasteiger partial charge in [0, 0.05) is 24.6 Å². The number of alkyl carbamates (subject to hydrolysis) is 1. The lowest BCUT2D eigenvalue weighted by atomic mass is 9.89. The lowest BCUT2D eigenvalue weighted by Crippen LogP contribution is -2.48. The second kappa shape index (κ2) is 14.3. The lowest BCUT2D eigenvalue weighted by Gasteiger charge is -2.33. The number of ether oxygens (including phenoxy) is 1. The molecule has 0 radical (unpaired) electrons. The number of rotatable bonds is 13. The zero-order chi connectivity index (χ0) is 31.8. The van der Waals surface area contributed by atoms with E-state index >= 15 is 0 Å². The molecule has 0 saturated heterocycles. The Morgan fingerprint density at radius 3 is 2.37 bits per heavy atom. The van der Waals surface area contributed by atoms with E-state index in [4.69, 9.17) is 4.74 Å². The van der Waals surface area contributed by atoms with Gasteiger partial charge in [-0.1, -0.05) is 58.7 Å². The minimum absolute atomic E-state index is 0.221. The van der Waals surface area contributed by atoms with Crippen molar-refractivity contribution in [3.8, 4) is 0 Å². The molecule has 2 N–H and O–H groups in total. The Labute approximate surface area is 250 Å². The van der Waals surface area contributed by atoms with Crippen LogP contribution < -0.4 is 10.0 Å². The van der Waals surface area contributed by atoms with Crippen LogP contribution in [0.25, 0.3) is 0 Å². The number of aromatic nitrogens is 1. The van der Waals surface area contributed by atoms with Crippen LogP contribution in [0.4, 0.5) is 18.0 Å². The first-order valence-corrected chi connectivity index (χ1v) is 15.5. The van der Waals surface area contributed by atoms with Crippen molar-refractivity contribution >= 4 is 27.6 Å². The number of hydrazone groups is 1. The first kappa shape index (κ1) is 34.0. The van der Waals surface area contributed by atoms with Crippen LogP contribution >= 0.6 is 0 Å². The molecular weight excluding hydrogens is 587 g/mol. The van der Waals surface area contributed by atoms with Crippen molar-refractivity contribution in [2.45, 2.75) is 76.7 Å². The molecular formula is C29H38F3N5O5S. The van der Waals surface area contributed by atoms with E-state index in [1.807, 2.05) is 27.7 Å². The van der Waals surface area contributed by atoms with Gasteiger partial charge in [0.1, 0.15) is 6.10 Å². The van der Waals surface area contributed by atoms with Crippen LogP contribution in [0.2, 0.25) is 0 Å². The number of carbonyl (C=O) groups is 2. The highest BCUT2D eigenvalue weighted by atomic mass is 32.2. The summed E-state index contributed by atoms with van der Waals surface area (Å²) in [6.07, 6.45) is -2.42. The van der Waals surface area contributed by atoms with E-state index in [1.165, 1.54) is 30.5 Å². The molecule has 0 bridgehead atoms. The molecule has 10 nitrogen and oxygen atoms in total. The Kier molecular flexibility index (Phi) is 11.3. The van der Waals surface area contributed by atoms with Gasteiger partial charge in [0.15, 0.2) is 10.8 Å². The normalized spacial score (nSPS) is 15.5. The summed E-state index contributed by atoms with van der Waals surface area (Å²) in [7, 11) is -4.02. The fourth-order valence-corrected chi connectivity index (χ4v) is 5.20. The van der Waals surface area contributed by atoms with Gasteiger partial charge in [-0.25, -0.2) is 22.9 Å². The molecule has 1 aromatic carbocycles. The van der Waals surface area contributed by atoms with Crippen LogP contribution in [0.15, 0.2) is 58.8 Å². The van der Waals surface area contributed by atoms with Crippen molar-refractivity contribution in [3.05, 3.63) is 59.8 Å². The SMILES string of the molecule is CCCC[C@H](NC(=O)O[C@H](CN1CCC(c2ccc(C(F)(F)F)cc2)=N1)C(C)(C)C)C(=O)CNS(=O)(=O)c1ccccn1. The monoisotopic (exact) mass is 625 g/mol. The highest BCUT2D eigenvalue weighted by Crippen LogP contribution is 2.30. The maximum absolute atomic E-state index is 13.0. The zero-order valence-corrected chi connectivity index (χ0v) is 25.5. The smallest absolute Gasteiger partial charge is 0.416 e. The van der Waals surface area contributed by atoms with E-state index in [-0.39, 0.29) is 11.6 Å². The van der Waals surface area contributed by atoms with Crippen LogP contribution in [0.1, 0.15) is 64.5 Å². The topological polar surface area (TPSA) is 130 Å². The number of sulfonamides is 1. The highest BCUT2D eigenvalue weighted by molar-refractivity contribution is 7.89. The number of carbonyl (C=O) groups excluding carboxylic acids is 2. The third kappa shape index (κ3) is 10.0. The van der Waals surface area contributed by atoms with Gasteiger partial charge in [-0.2, -0.15) is 18.3 Å². The standard InChI is InChI=1S/C29H38F3N5O5S/c1-5-6-9-23(24(38)18-34-43(40,41)26-10-7-8-16-33-26)35-27(39)42-25(28(2,3)4)19-37-17-15-22(36-37)20-11-13-21(14-12-20)29(30,31)32/h7-8,10-14,16,23,25,34H,5-6,9,15,17-19H2,1-4H3,(H,35,39)/t23-,25+/m0/s1. The van der Waals surface area contributed by atoms with E-state index in [9.17, 15) is 31.2 Å². The minimum Gasteiger partial charge on any atom is -0.444 e. The average molecular weight is 626 g/mol. The maximum Gasteiger partial charge on any atom is 0.416 e. The van der Waals surface area contributed by atoms with E-state index in [0.717, 1.165) is 18.6 Å². The summed E-state index contributed by atoms with van der Waals surface area (Å²) < 4.78 is 71.7. The molecule has 0 unspecified atom stereocenters. The highest BCUT2D eigenvalue weighted by Gasteiger charge is 2.34. The van der Waals surface area contributed by atoms with Gasteiger partial charge >= 0.3 is 12.3 Å². The number of amides is 1. The van der Waals surface area contributed by atoms with Crippen LogP contribution in [0.5, 0.6) is 0 Å². The van der Waals surface area contributed by atoms with Crippen molar-refractivity contribution in [2.24, 2.45) is 10.5 Å². The van der Waals surface area contributed by atoms with Crippen molar-refractivity contribution < 1.29 is 35.9 Å². The van der Waals surface area contributed by atoms with E-state index in [1.54, 1.807) is 11.1 Å². The second-order valence-electron chi connectivity index (χ2n) is 11.3. The lowest BCUT2D eigenvalue weighted by molar-refractivity contribution is -0.137. The summed E-state index contributed by atoms with van der Waals surface area (Å²) in [5.74, 6) is -0.525. The molecule has 0 saturated carbocycles.